The van der Waals surface area contributed by atoms with E-state index in [1.807, 2.05) is 32.0 Å². The molecule has 0 N–H and O–H groups in total. The van der Waals surface area contributed by atoms with E-state index in [-0.39, 0.29) is 11.8 Å². The molecule has 2 fully saturated rings. The summed E-state index contributed by atoms with van der Waals surface area (Å²) in [6.07, 6.45) is 0. The zero-order chi connectivity index (χ0) is 15.9. The summed E-state index contributed by atoms with van der Waals surface area (Å²) in [4.78, 5) is 30.8. The molecule has 2 aliphatic heterocycles. The highest BCUT2D eigenvalue weighted by Crippen LogP contribution is 2.33. The molecule has 6 nitrogen and oxygen atoms in total. The molecule has 0 aliphatic carbocycles. The van der Waals surface area contributed by atoms with Crippen LogP contribution in [-0.4, -0.2) is 60.2 Å². The molecule has 118 valence electrons. The Morgan fingerprint density at radius 1 is 0.955 bits per heavy atom. The predicted octanol–water partition coefficient (Wildman–Crippen LogP) is 0.850. The number of carbonyl (C=O) groups is 2. The first-order valence-electron chi connectivity index (χ1n) is 7.52. The van der Waals surface area contributed by atoms with Gasteiger partial charge in [0, 0.05) is 13.1 Å². The van der Waals surface area contributed by atoms with Crippen molar-refractivity contribution in [2.45, 2.75) is 19.8 Å². The SMILES string of the molecule is CON1CCN2C(=O)C(c3c(C)cccc3C)C(=O)N2CC1. The molecule has 0 radical (unpaired) electrons. The average molecular weight is 303 g/mol. The third-order valence-electron chi connectivity index (χ3n) is 4.51. The molecule has 22 heavy (non-hydrogen) atoms. The number of fused-ring (bicyclic) bond motifs is 1. The Morgan fingerprint density at radius 2 is 1.45 bits per heavy atom. The number of amides is 2. The van der Waals surface area contributed by atoms with Gasteiger partial charge in [-0.3, -0.25) is 9.59 Å². The lowest BCUT2D eigenvalue weighted by Gasteiger charge is -2.23. The van der Waals surface area contributed by atoms with Gasteiger partial charge < -0.3 is 4.84 Å². The summed E-state index contributed by atoms with van der Waals surface area (Å²) >= 11 is 0. The Hall–Kier alpha value is -1.92. The number of hydroxylamine groups is 2. The molecule has 0 atom stereocenters. The molecule has 1 aromatic rings. The van der Waals surface area contributed by atoms with E-state index in [9.17, 15) is 9.59 Å². The highest BCUT2D eigenvalue weighted by Gasteiger charge is 2.47. The lowest BCUT2D eigenvalue weighted by molar-refractivity contribution is -0.145. The molecule has 0 bridgehead atoms. The van der Waals surface area contributed by atoms with E-state index in [2.05, 4.69) is 0 Å². The minimum Gasteiger partial charge on any atom is -0.302 e. The van der Waals surface area contributed by atoms with E-state index >= 15 is 0 Å². The molecule has 6 heteroatoms. The molecular formula is C16H21N3O3. The van der Waals surface area contributed by atoms with Gasteiger partial charge in [-0.2, -0.15) is 5.06 Å². The van der Waals surface area contributed by atoms with E-state index < -0.39 is 5.92 Å². The van der Waals surface area contributed by atoms with Gasteiger partial charge in [-0.1, -0.05) is 18.2 Å². The van der Waals surface area contributed by atoms with Gasteiger partial charge in [0.05, 0.1) is 20.2 Å². The van der Waals surface area contributed by atoms with Crippen LogP contribution in [0.3, 0.4) is 0 Å². The number of rotatable bonds is 2. The summed E-state index contributed by atoms with van der Waals surface area (Å²) in [5.41, 5.74) is 2.84. The standard InChI is InChI=1S/C16H21N3O3/c1-11-5-4-6-12(2)13(11)14-15(20)18-9-7-17(22-3)8-10-19(18)16(14)21/h4-6,14H,7-10H2,1-3H3. The second kappa shape index (κ2) is 5.70. The normalized spacial score (nSPS) is 20.5. The van der Waals surface area contributed by atoms with Gasteiger partial charge in [0.25, 0.3) is 11.8 Å². The maximum atomic E-state index is 12.8. The number of hydrazine groups is 1. The Morgan fingerprint density at radius 3 is 1.91 bits per heavy atom. The van der Waals surface area contributed by atoms with E-state index in [0.717, 1.165) is 16.7 Å². The van der Waals surface area contributed by atoms with Crippen LogP contribution in [0.2, 0.25) is 0 Å². The summed E-state index contributed by atoms with van der Waals surface area (Å²) in [5, 5.41) is 4.93. The van der Waals surface area contributed by atoms with Crippen molar-refractivity contribution in [1.29, 1.82) is 0 Å². The zero-order valence-electron chi connectivity index (χ0n) is 13.2. The minimum atomic E-state index is -0.699. The quantitative estimate of drug-likeness (QED) is 0.760. The third-order valence-corrected chi connectivity index (χ3v) is 4.51. The van der Waals surface area contributed by atoms with Crippen LogP contribution in [-0.2, 0) is 14.4 Å². The molecular weight excluding hydrogens is 282 g/mol. The van der Waals surface area contributed by atoms with Crippen molar-refractivity contribution in [1.82, 2.24) is 15.1 Å². The Labute approximate surface area is 130 Å². The second-order valence-corrected chi connectivity index (χ2v) is 5.77. The molecule has 0 spiro atoms. The highest BCUT2D eigenvalue weighted by atomic mass is 16.7. The topological polar surface area (TPSA) is 53.1 Å². The van der Waals surface area contributed by atoms with E-state index in [4.69, 9.17) is 4.84 Å². The molecule has 2 saturated heterocycles. The molecule has 3 rings (SSSR count). The summed E-state index contributed by atoms with van der Waals surface area (Å²) in [7, 11) is 1.61. The first-order chi connectivity index (χ1) is 10.5. The first kappa shape index (κ1) is 15.0. The maximum Gasteiger partial charge on any atom is 0.258 e. The van der Waals surface area contributed by atoms with E-state index in [0.29, 0.717) is 26.2 Å². The van der Waals surface area contributed by atoms with Crippen LogP contribution >= 0.6 is 0 Å². The third kappa shape index (κ3) is 2.28. The predicted molar refractivity (Wildman–Crippen MR) is 80.7 cm³/mol. The summed E-state index contributed by atoms with van der Waals surface area (Å²) in [5.74, 6) is -0.948. The monoisotopic (exact) mass is 303 g/mol. The van der Waals surface area contributed by atoms with Gasteiger partial charge in [-0.15, -0.1) is 0 Å². The lowest BCUT2D eigenvalue weighted by Crippen LogP contribution is -2.41. The first-order valence-corrected chi connectivity index (χ1v) is 7.52. The van der Waals surface area contributed by atoms with Crippen LogP contribution in [0, 0.1) is 13.8 Å². The van der Waals surface area contributed by atoms with Crippen molar-refractivity contribution < 1.29 is 14.4 Å². The number of aryl methyl sites for hydroxylation is 2. The van der Waals surface area contributed by atoms with Crippen LogP contribution in [0.5, 0.6) is 0 Å². The van der Waals surface area contributed by atoms with Crippen molar-refractivity contribution in [2.75, 3.05) is 33.3 Å². The Bertz CT molecular complexity index is 570. The van der Waals surface area contributed by atoms with Crippen LogP contribution in [0.25, 0.3) is 0 Å². The van der Waals surface area contributed by atoms with Gasteiger partial charge in [0.15, 0.2) is 0 Å². The molecule has 0 aromatic heterocycles. The van der Waals surface area contributed by atoms with Gasteiger partial charge in [-0.25, -0.2) is 10.0 Å². The van der Waals surface area contributed by atoms with Gasteiger partial charge in [0.2, 0.25) is 0 Å². The molecule has 2 amide bonds. The van der Waals surface area contributed by atoms with Crippen molar-refractivity contribution in [3.8, 4) is 0 Å². The summed E-state index contributed by atoms with van der Waals surface area (Å²) in [6.45, 7) is 6.06. The fourth-order valence-corrected chi connectivity index (χ4v) is 3.34. The van der Waals surface area contributed by atoms with E-state index in [1.165, 1.54) is 0 Å². The van der Waals surface area contributed by atoms with Gasteiger partial charge >= 0.3 is 0 Å². The number of nitrogens with zero attached hydrogens (tertiary/aromatic N) is 3. The second-order valence-electron chi connectivity index (χ2n) is 5.77. The molecule has 2 heterocycles. The van der Waals surface area contributed by atoms with Gasteiger partial charge in [0.1, 0.15) is 5.92 Å². The highest BCUT2D eigenvalue weighted by molar-refractivity contribution is 6.10. The van der Waals surface area contributed by atoms with Crippen LogP contribution in [0.15, 0.2) is 18.2 Å². The molecule has 2 aliphatic rings. The summed E-state index contributed by atoms with van der Waals surface area (Å²) in [6, 6.07) is 5.86. The van der Waals surface area contributed by atoms with Crippen molar-refractivity contribution in [3.05, 3.63) is 34.9 Å². The largest absolute Gasteiger partial charge is 0.302 e. The van der Waals surface area contributed by atoms with Gasteiger partial charge in [-0.05, 0) is 30.5 Å². The molecule has 0 saturated carbocycles. The van der Waals surface area contributed by atoms with Crippen LogP contribution in [0.1, 0.15) is 22.6 Å². The average Bonchev–Trinajstić information content (AvgIpc) is 2.67. The van der Waals surface area contributed by atoms with Crippen molar-refractivity contribution in [2.24, 2.45) is 0 Å². The van der Waals surface area contributed by atoms with Crippen LogP contribution < -0.4 is 0 Å². The number of carbonyl (C=O) groups excluding carboxylic acids is 2. The molecule has 1 aromatic carbocycles. The fraction of sp³-hybridized carbons (Fsp3) is 0.500. The zero-order valence-corrected chi connectivity index (χ0v) is 13.2. The van der Waals surface area contributed by atoms with Crippen LogP contribution in [0.4, 0.5) is 0 Å². The number of benzene rings is 1. The van der Waals surface area contributed by atoms with Crippen molar-refractivity contribution >= 4 is 11.8 Å². The number of hydrogen-bond donors (Lipinski definition) is 0. The Kier molecular flexibility index (Phi) is 3.88. The Balaban J connectivity index is 1.94. The molecule has 0 unspecified atom stereocenters. The lowest BCUT2D eigenvalue weighted by atomic mass is 9.90. The van der Waals surface area contributed by atoms with E-state index in [1.54, 1.807) is 22.2 Å². The fourth-order valence-electron chi connectivity index (χ4n) is 3.34. The summed E-state index contributed by atoms with van der Waals surface area (Å²) < 4.78 is 0. The van der Waals surface area contributed by atoms with Crippen molar-refractivity contribution in [3.63, 3.8) is 0 Å². The minimum absolute atomic E-state index is 0.125. The number of hydrogen-bond acceptors (Lipinski definition) is 4. The smallest absolute Gasteiger partial charge is 0.258 e. The maximum absolute atomic E-state index is 12.8.